The van der Waals surface area contributed by atoms with Crippen LogP contribution in [0.25, 0.3) is 0 Å². The number of hydrogen-bond donors (Lipinski definition) is 1. The van der Waals surface area contributed by atoms with E-state index in [4.69, 9.17) is 23.2 Å². The van der Waals surface area contributed by atoms with Crippen LogP contribution < -0.4 is 5.32 Å². The number of hydrogen-bond acceptors (Lipinski definition) is 5. The van der Waals surface area contributed by atoms with Gasteiger partial charge in [-0.15, -0.1) is 10.2 Å². The first-order valence-corrected chi connectivity index (χ1v) is 7.16. The first kappa shape index (κ1) is 12.8. The number of amides is 1. The van der Waals surface area contributed by atoms with E-state index in [2.05, 4.69) is 20.5 Å². The summed E-state index contributed by atoms with van der Waals surface area (Å²) in [6.07, 6.45) is 3.67. The Bertz CT molecular complexity index is 641. The molecule has 98 valence electrons. The molecule has 5 nitrogen and oxygen atoms in total. The molecule has 0 saturated heterocycles. The van der Waals surface area contributed by atoms with Crippen molar-refractivity contribution in [3.8, 4) is 0 Å². The average molecular weight is 315 g/mol. The first-order valence-electron chi connectivity index (χ1n) is 5.59. The van der Waals surface area contributed by atoms with Crippen LogP contribution in [-0.2, 0) is 0 Å². The molecule has 19 heavy (non-hydrogen) atoms. The van der Waals surface area contributed by atoms with Crippen molar-refractivity contribution in [2.24, 2.45) is 0 Å². The predicted molar refractivity (Wildman–Crippen MR) is 74.1 cm³/mol. The van der Waals surface area contributed by atoms with Crippen LogP contribution in [0, 0.1) is 0 Å². The van der Waals surface area contributed by atoms with Gasteiger partial charge < -0.3 is 0 Å². The van der Waals surface area contributed by atoms with Gasteiger partial charge in [0.1, 0.15) is 10.2 Å². The predicted octanol–water partition coefficient (Wildman–Crippen LogP) is 3.37. The van der Waals surface area contributed by atoms with Gasteiger partial charge in [-0.2, -0.15) is 0 Å². The Balaban J connectivity index is 1.74. The molecule has 2 aromatic heterocycles. The summed E-state index contributed by atoms with van der Waals surface area (Å²) < 4.78 is 0. The second-order valence-corrected chi connectivity index (χ2v) is 5.94. The Morgan fingerprint density at radius 1 is 1.37 bits per heavy atom. The third-order valence-electron chi connectivity index (χ3n) is 2.65. The summed E-state index contributed by atoms with van der Waals surface area (Å²) in [6.45, 7) is 0. The second-order valence-electron chi connectivity index (χ2n) is 4.17. The standard InChI is InChI=1S/C11H8Cl2N4OS/c12-7-3-6(4-14-8(7)13)9(18)15-11-17-16-10(19-11)5-1-2-5/h3-5H,1-2H2,(H,15,17,18). The summed E-state index contributed by atoms with van der Waals surface area (Å²) in [5.41, 5.74) is 0.331. The van der Waals surface area contributed by atoms with Crippen molar-refractivity contribution in [3.63, 3.8) is 0 Å². The summed E-state index contributed by atoms with van der Waals surface area (Å²) in [5.74, 6) is 0.194. The fraction of sp³-hybridized carbons (Fsp3) is 0.273. The van der Waals surface area contributed by atoms with Gasteiger partial charge in [-0.05, 0) is 18.9 Å². The van der Waals surface area contributed by atoms with Crippen LogP contribution in [-0.4, -0.2) is 21.1 Å². The monoisotopic (exact) mass is 314 g/mol. The largest absolute Gasteiger partial charge is 0.296 e. The molecule has 1 N–H and O–H groups in total. The van der Waals surface area contributed by atoms with E-state index in [1.54, 1.807) is 0 Å². The number of pyridine rings is 1. The van der Waals surface area contributed by atoms with E-state index in [-0.39, 0.29) is 16.1 Å². The van der Waals surface area contributed by atoms with Crippen LogP contribution in [0.15, 0.2) is 12.3 Å². The first-order chi connectivity index (χ1) is 9.13. The number of carbonyl (C=O) groups is 1. The molecule has 8 heteroatoms. The number of rotatable bonds is 3. The summed E-state index contributed by atoms with van der Waals surface area (Å²) in [6, 6.07) is 1.47. The van der Waals surface area contributed by atoms with Crippen LogP contribution in [0.3, 0.4) is 0 Å². The smallest absolute Gasteiger partial charge is 0.259 e. The number of nitrogens with zero attached hydrogens (tertiary/aromatic N) is 3. The molecule has 0 spiro atoms. The third-order valence-corrected chi connectivity index (χ3v) is 4.33. The Kier molecular flexibility index (Phi) is 3.38. The molecule has 1 amide bonds. The number of aromatic nitrogens is 3. The zero-order valence-corrected chi connectivity index (χ0v) is 11.9. The highest BCUT2D eigenvalue weighted by Crippen LogP contribution is 2.42. The van der Waals surface area contributed by atoms with Crippen LogP contribution in [0.1, 0.15) is 34.1 Å². The minimum Gasteiger partial charge on any atom is -0.296 e. The lowest BCUT2D eigenvalue weighted by Gasteiger charge is -2.01. The Morgan fingerprint density at radius 3 is 2.84 bits per heavy atom. The lowest BCUT2D eigenvalue weighted by atomic mass is 10.3. The van der Waals surface area contributed by atoms with E-state index in [9.17, 15) is 4.79 Å². The van der Waals surface area contributed by atoms with Gasteiger partial charge in [0.05, 0.1) is 10.6 Å². The van der Waals surface area contributed by atoms with Crippen molar-refractivity contribution in [1.82, 2.24) is 15.2 Å². The molecule has 1 aliphatic carbocycles. The molecule has 0 unspecified atom stereocenters. The van der Waals surface area contributed by atoms with Crippen molar-refractivity contribution in [2.45, 2.75) is 18.8 Å². The maximum absolute atomic E-state index is 12.0. The van der Waals surface area contributed by atoms with Crippen molar-refractivity contribution < 1.29 is 4.79 Å². The zero-order chi connectivity index (χ0) is 13.4. The number of halogens is 2. The highest BCUT2D eigenvalue weighted by Gasteiger charge is 2.27. The molecule has 0 aliphatic heterocycles. The summed E-state index contributed by atoms with van der Waals surface area (Å²) in [4.78, 5) is 15.8. The average Bonchev–Trinajstić information content (AvgIpc) is 3.14. The van der Waals surface area contributed by atoms with Gasteiger partial charge in [-0.1, -0.05) is 34.5 Å². The third kappa shape index (κ3) is 2.86. The molecular weight excluding hydrogens is 307 g/mol. The van der Waals surface area contributed by atoms with E-state index in [1.807, 2.05) is 0 Å². The van der Waals surface area contributed by atoms with Crippen LogP contribution in [0.5, 0.6) is 0 Å². The number of carbonyl (C=O) groups excluding carboxylic acids is 1. The minimum absolute atomic E-state index is 0.171. The molecule has 2 aromatic rings. The van der Waals surface area contributed by atoms with E-state index in [1.165, 1.54) is 23.6 Å². The topological polar surface area (TPSA) is 67.8 Å². The van der Waals surface area contributed by atoms with Crippen LogP contribution in [0.2, 0.25) is 10.2 Å². The lowest BCUT2D eigenvalue weighted by Crippen LogP contribution is -2.12. The van der Waals surface area contributed by atoms with Crippen LogP contribution >= 0.6 is 34.5 Å². The summed E-state index contributed by atoms with van der Waals surface area (Å²) in [7, 11) is 0. The maximum atomic E-state index is 12.0. The maximum Gasteiger partial charge on any atom is 0.259 e. The van der Waals surface area contributed by atoms with Gasteiger partial charge in [0.15, 0.2) is 0 Å². The zero-order valence-electron chi connectivity index (χ0n) is 9.56. The molecule has 1 fully saturated rings. The van der Waals surface area contributed by atoms with Gasteiger partial charge in [-0.3, -0.25) is 10.1 Å². The highest BCUT2D eigenvalue weighted by atomic mass is 35.5. The summed E-state index contributed by atoms with van der Waals surface area (Å²) >= 11 is 12.9. The Labute approximate surface area is 123 Å². The second kappa shape index (κ2) is 5.03. The Hall–Kier alpha value is -1.24. The van der Waals surface area contributed by atoms with Crippen molar-refractivity contribution in [1.29, 1.82) is 0 Å². The van der Waals surface area contributed by atoms with Crippen LogP contribution in [0.4, 0.5) is 5.13 Å². The lowest BCUT2D eigenvalue weighted by molar-refractivity contribution is 0.102. The molecular formula is C11H8Cl2N4OS. The van der Waals surface area contributed by atoms with Crippen molar-refractivity contribution in [2.75, 3.05) is 5.32 Å². The SMILES string of the molecule is O=C(Nc1nnc(C2CC2)s1)c1cnc(Cl)c(Cl)c1. The van der Waals surface area contributed by atoms with Gasteiger partial charge in [0, 0.05) is 12.1 Å². The molecule has 1 saturated carbocycles. The normalized spacial score (nSPS) is 14.4. The van der Waals surface area contributed by atoms with Gasteiger partial charge in [-0.25, -0.2) is 4.98 Å². The Morgan fingerprint density at radius 2 is 2.16 bits per heavy atom. The van der Waals surface area contributed by atoms with E-state index >= 15 is 0 Å². The summed E-state index contributed by atoms with van der Waals surface area (Å²) in [5, 5.41) is 12.5. The highest BCUT2D eigenvalue weighted by molar-refractivity contribution is 7.15. The molecule has 0 radical (unpaired) electrons. The van der Waals surface area contributed by atoms with E-state index < -0.39 is 0 Å². The van der Waals surface area contributed by atoms with Gasteiger partial charge in [0.25, 0.3) is 5.91 Å². The minimum atomic E-state index is -0.329. The molecule has 2 heterocycles. The van der Waals surface area contributed by atoms with Gasteiger partial charge >= 0.3 is 0 Å². The number of anilines is 1. The molecule has 3 rings (SSSR count). The quantitative estimate of drug-likeness (QED) is 0.882. The number of nitrogens with one attached hydrogen (secondary N) is 1. The molecule has 0 aromatic carbocycles. The van der Waals surface area contributed by atoms with E-state index in [0.29, 0.717) is 16.6 Å². The fourth-order valence-corrected chi connectivity index (χ4v) is 2.67. The van der Waals surface area contributed by atoms with E-state index in [0.717, 1.165) is 17.8 Å². The molecule has 0 bridgehead atoms. The molecule has 0 atom stereocenters. The fourth-order valence-electron chi connectivity index (χ4n) is 1.50. The molecule has 1 aliphatic rings. The van der Waals surface area contributed by atoms with Gasteiger partial charge in [0.2, 0.25) is 5.13 Å². The van der Waals surface area contributed by atoms with Crippen molar-refractivity contribution in [3.05, 3.63) is 33.0 Å². The van der Waals surface area contributed by atoms with Crippen molar-refractivity contribution >= 4 is 45.6 Å².